The fourth-order valence-electron chi connectivity index (χ4n) is 2.69. The van der Waals surface area contributed by atoms with E-state index >= 15 is 0 Å². The molecular formula is C16H22N2O4. The van der Waals surface area contributed by atoms with Gasteiger partial charge in [-0.3, -0.25) is 14.5 Å². The highest BCUT2D eigenvalue weighted by Crippen LogP contribution is 2.18. The number of amides is 1. The zero-order chi connectivity index (χ0) is 16.1. The fourth-order valence-corrected chi connectivity index (χ4v) is 2.69. The molecule has 1 aliphatic rings. The summed E-state index contributed by atoms with van der Waals surface area (Å²) in [5.74, 6) is 0.159. The highest BCUT2D eigenvalue weighted by molar-refractivity contribution is 5.94. The maximum Gasteiger partial charge on any atom is 0.234 e. The van der Waals surface area contributed by atoms with Gasteiger partial charge in [-0.15, -0.1) is 0 Å². The van der Waals surface area contributed by atoms with E-state index in [1.54, 1.807) is 24.3 Å². The molecular weight excluding hydrogens is 284 g/mol. The minimum atomic E-state index is -0.721. The molecule has 0 spiro atoms. The van der Waals surface area contributed by atoms with Crippen LogP contribution in [0.5, 0.6) is 5.75 Å². The van der Waals surface area contributed by atoms with Crippen molar-refractivity contribution in [2.75, 3.05) is 19.7 Å². The lowest BCUT2D eigenvalue weighted by Gasteiger charge is -2.24. The van der Waals surface area contributed by atoms with Crippen LogP contribution in [0.4, 0.5) is 0 Å². The second-order valence-corrected chi connectivity index (χ2v) is 5.60. The van der Waals surface area contributed by atoms with Crippen molar-refractivity contribution >= 4 is 11.7 Å². The van der Waals surface area contributed by atoms with Crippen LogP contribution in [0.25, 0.3) is 0 Å². The average Bonchev–Trinajstić information content (AvgIpc) is 2.93. The van der Waals surface area contributed by atoms with Crippen molar-refractivity contribution in [2.24, 2.45) is 5.73 Å². The molecule has 1 fully saturated rings. The summed E-state index contributed by atoms with van der Waals surface area (Å²) in [7, 11) is 0. The predicted octanol–water partition coefficient (Wildman–Crippen LogP) is 0.579. The highest BCUT2D eigenvalue weighted by Gasteiger charge is 2.30. The largest absolute Gasteiger partial charge is 0.491 e. The summed E-state index contributed by atoms with van der Waals surface area (Å²) in [6.45, 7) is 2.69. The number of likely N-dealkylation sites (tertiary alicyclic amines) is 1. The first-order chi connectivity index (χ1) is 10.5. The van der Waals surface area contributed by atoms with Gasteiger partial charge in [0.1, 0.15) is 18.5 Å². The molecule has 1 saturated heterocycles. The Bertz CT molecular complexity index is 547. The number of aliphatic hydroxyl groups is 1. The number of ether oxygens (including phenoxy) is 1. The van der Waals surface area contributed by atoms with Crippen LogP contribution in [-0.4, -0.2) is 53.5 Å². The van der Waals surface area contributed by atoms with Crippen molar-refractivity contribution in [3.05, 3.63) is 29.8 Å². The molecule has 0 bridgehead atoms. The number of carbonyl (C=O) groups excluding carboxylic acids is 2. The number of nitrogens with zero attached hydrogens (tertiary/aromatic N) is 1. The molecule has 1 aromatic rings. The third-order valence-corrected chi connectivity index (χ3v) is 3.82. The van der Waals surface area contributed by atoms with E-state index in [1.165, 1.54) is 6.92 Å². The van der Waals surface area contributed by atoms with E-state index in [1.807, 2.05) is 4.90 Å². The summed E-state index contributed by atoms with van der Waals surface area (Å²) in [6.07, 6.45) is 0.923. The van der Waals surface area contributed by atoms with Crippen molar-refractivity contribution in [3.63, 3.8) is 0 Å². The topological polar surface area (TPSA) is 92.9 Å². The van der Waals surface area contributed by atoms with Crippen LogP contribution >= 0.6 is 0 Å². The molecule has 1 aromatic carbocycles. The third kappa shape index (κ3) is 4.29. The van der Waals surface area contributed by atoms with Crippen LogP contribution in [-0.2, 0) is 4.79 Å². The van der Waals surface area contributed by atoms with Crippen molar-refractivity contribution in [1.82, 2.24) is 4.90 Å². The zero-order valence-electron chi connectivity index (χ0n) is 12.7. The number of β-amino-alcohol motifs (C(OH)–C–C–N with tert-alkyl or cyclic N) is 1. The average molecular weight is 306 g/mol. The molecule has 6 nitrogen and oxygen atoms in total. The van der Waals surface area contributed by atoms with E-state index in [0.29, 0.717) is 17.9 Å². The number of Topliss-reactive ketones (excluding diaryl/α,β-unsaturated/α-hetero) is 1. The molecule has 120 valence electrons. The maximum atomic E-state index is 11.3. The molecule has 6 heteroatoms. The lowest BCUT2D eigenvalue weighted by Crippen LogP contribution is -2.44. The van der Waals surface area contributed by atoms with Gasteiger partial charge in [0.05, 0.1) is 6.04 Å². The number of ketones is 1. The molecule has 0 radical (unpaired) electrons. The van der Waals surface area contributed by atoms with E-state index in [4.69, 9.17) is 10.5 Å². The van der Waals surface area contributed by atoms with Gasteiger partial charge in [-0.1, -0.05) is 12.1 Å². The summed E-state index contributed by atoms with van der Waals surface area (Å²) in [5.41, 5.74) is 5.92. The molecule has 2 atom stereocenters. The number of primary amides is 1. The Morgan fingerprint density at radius 2 is 2.27 bits per heavy atom. The fraction of sp³-hybridized carbons (Fsp3) is 0.500. The Balaban J connectivity index is 1.85. The Hall–Kier alpha value is -1.92. The Kier molecular flexibility index (Phi) is 5.51. The zero-order valence-corrected chi connectivity index (χ0v) is 12.7. The molecule has 0 aromatic heterocycles. The maximum absolute atomic E-state index is 11.3. The quantitative estimate of drug-likeness (QED) is 0.719. The third-order valence-electron chi connectivity index (χ3n) is 3.82. The first kappa shape index (κ1) is 16.5. The van der Waals surface area contributed by atoms with Crippen molar-refractivity contribution in [2.45, 2.75) is 31.9 Å². The summed E-state index contributed by atoms with van der Waals surface area (Å²) in [6, 6.07) is 6.55. The van der Waals surface area contributed by atoms with Crippen LogP contribution in [0, 0.1) is 0 Å². The number of rotatable bonds is 7. The lowest BCUT2D eigenvalue weighted by molar-refractivity contribution is -0.122. The Labute approximate surface area is 129 Å². The van der Waals surface area contributed by atoms with Gasteiger partial charge in [-0.25, -0.2) is 0 Å². The molecule has 1 amide bonds. The molecule has 22 heavy (non-hydrogen) atoms. The first-order valence-corrected chi connectivity index (χ1v) is 7.42. The Morgan fingerprint density at radius 1 is 1.50 bits per heavy atom. The van der Waals surface area contributed by atoms with Gasteiger partial charge in [0.15, 0.2) is 5.78 Å². The normalized spacial score (nSPS) is 19.8. The number of carbonyl (C=O) groups is 2. The summed E-state index contributed by atoms with van der Waals surface area (Å²) in [4.78, 5) is 24.5. The SMILES string of the molecule is CC(=O)c1cccc(OC[C@H](O)CN2CCC[C@@H]2C(N)=O)c1. The van der Waals surface area contributed by atoms with Gasteiger partial charge in [0.2, 0.25) is 5.91 Å². The lowest BCUT2D eigenvalue weighted by atomic mass is 10.1. The van der Waals surface area contributed by atoms with E-state index in [0.717, 1.165) is 19.4 Å². The summed E-state index contributed by atoms with van der Waals surface area (Å²) >= 11 is 0. The monoisotopic (exact) mass is 306 g/mol. The van der Waals surface area contributed by atoms with Crippen LogP contribution in [0.3, 0.4) is 0 Å². The van der Waals surface area contributed by atoms with Gasteiger partial charge in [0, 0.05) is 12.1 Å². The summed E-state index contributed by atoms with van der Waals surface area (Å²) in [5, 5.41) is 10.1. The first-order valence-electron chi connectivity index (χ1n) is 7.42. The number of benzene rings is 1. The van der Waals surface area contributed by atoms with Gasteiger partial charge in [-0.2, -0.15) is 0 Å². The van der Waals surface area contributed by atoms with Gasteiger partial charge in [-0.05, 0) is 38.4 Å². The van der Waals surface area contributed by atoms with Crippen molar-refractivity contribution < 1.29 is 19.4 Å². The van der Waals surface area contributed by atoms with Crippen LogP contribution in [0.15, 0.2) is 24.3 Å². The number of hydrogen-bond donors (Lipinski definition) is 2. The second kappa shape index (κ2) is 7.38. The molecule has 1 aliphatic heterocycles. The Morgan fingerprint density at radius 3 is 2.95 bits per heavy atom. The van der Waals surface area contributed by atoms with Gasteiger partial charge < -0.3 is 15.6 Å². The minimum absolute atomic E-state index is 0.0348. The smallest absolute Gasteiger partial charge is 0.234 e. The standard InChI is InChI=1S/C16H22N2O4/c1-11(19)12-4-2-5-14(8-12)22-10-13(20)9-18-7-3-6-15(18)16(17)21/h2,4-5,8,13,15,20H,3,6-7,9-10H2,1H3,(H2,17,21)/t13-,15-/m1/s1. The van der Waals surface area contributed by atoms with Crippen molar-refractivity contribution in [3.8, 4) is 5.75 Å². The highest BCUT2D eigenvalue weighted by atomic mass is 16.5. The summed E-state index contributed by atoms with van der Waals surface area (Å²) < 4.78 is 5.52. The van der Waals surface area contributed by atoms with E-state index in [2.05, 4.69) is 0 Å². The molecule has 2 rings (SSSR count). The molecule has 0 unspecified atom stereocenters. The second-order valence-electron chi connectivity index (χ2n) is 5.60. The van der Waals surface area contributed by atoms with E-state index < -0.39 is 6.10 Å². The van der Waals surface area contributed by atoms with E-state index in [-0.39, 0.29) is 24.3 Å². The van der Waals surface area contributed by atoms with E-state index in [9.17, 15) is 14.7 Å². The number of hydrogen-bond acceptors (Lipinski definition) is 5. The van der Waals surface area contributed by atoms with Crippen LogP contribution in [0.2, 0.25) is 0 Å². The number of aliphatic hydroxyl groups excluding tert-OH is 1. The predicted molar refractivity (Wildman–Crippen MR) is 81.7 cm³/mol. The van der Waals surface area contributed by atoms with Gasteiger partial charge >= 0.3 is 0 Å². The minimum Gasteiger partial charge on any atom is -0.491 e. The van der Waals surface area contributed by atoms with Crippen LogP contribution in [0.1, 0.15) is 30.1 Å². The molecule has 0 saturated carbocycles. The molecule has 1 heterocycles. The van der Waals surface area contributed by atoms with Crippen molar-refractivity contribution in [1.29, 1.82) is 0 Å². The van der Waals surface area contributed by atoms with Gasteiger partial charge in [0.25, 0.3) is 0 Å². The molecule has 3 N–H and O–H groups in total. The van der Waals surface area contributed by atoms with Crippen LogP contribution < -0.4 is 10.5 Å². The number of nitrogens with two attached hydrogens (primary N) is 1. The molecule has 0 aliphatic carbocycles.